The minimum absolute atomic E-state index is 0.226. The van der Waals surface area contributed by atoms with Crippen LogP contribution in [0.5, 0.6) is 5.75 Å². The van der Waals surface area contributed by atoms with Crippen LogP contribution in [0.15, 0.2) is 12.1 Å². The molecule has 3 nitrogen and oxygen atoms in total. The summed E-state index contributed by atoms with van der Waals surface area (Å²) in [5.74, 6) is -1.86. The van der Waals surface area contributed by atoms with E-state index < -0.39 is 34.3 Å². The van der Waals surface area contributed by atoms with Crippen molar-refractivity contribution in [3.8, 4) is 5.75 Å². The smallest absolute Gasteiger partial charge is 0.421 e. The second-order valence-electron chi connectivity index (χ2n) is 4.34. The molecule has 1 rings (SSSR count). The predicted molar refractivity (Wildman–Crippen MR) is 66.4 cm³/mol. The van der Waals surface area contributed by atoms with Gasteiger partial charge >= 0.3 is 6.18 Å². The number of phenols is 1. The van der Waals surface area contributed by atoms with Gasteiger partial charge in [-0.15, -0.1) is 0 Å². The van der Waals surface area contributed by atoms with Crippen LogP contribution in [0.1, 0.15) is 19.4 Å². The quantitative estimate of drug-likeness (QED) is 0.904. The summed E-state index contributed by atoms with van der Waals surface area (Å²) in [4.78, 5) is 12.7. The van der Waals surface area contributed by atoms with Crippen LogP contribution in [0, 0.1) is 5.92 Å². The number of hydrogen-bond donors (Lipinski definition) is 1. The molecule has 0 heterocycles. The Balaban J connectivity index is 3.37. The molecule has 0 spiro atoms. The third kappa shape index (κ3) is 3.12. The number of benzene rings is 1. The molecule has 7 heteroatoms. The molecule has 0 fully saturated rings. The van der Waals surface area contributed by atoms with Crippen LogP contribution in [0.2, 0.25) is 5.02 Å². The molecular weight excluding hydrogens is 283 g/mol. The maximum absolute atomic E-state index is 12.8. The summed E-state index contributed by atoms with van der Waals surface area (Å²) in [6, 6.07) is 2.18. The van der Waals surface area contributed by atoms with Crippen molar-refractivity contribution >= 4 is 23.2 Å². The Morgan fingerprint density at radius 2 is 1.89 bits per heavy atom. The molecule has 0 aromatic heterocycles. The first-order valence-electron chi connectivity index (χ1n) is 5.43. The van der Waals surface area contributed by atoms with Crippen molar-refractivity contribution in [2.75, 3.05) is 11.9 Å². The van der Waals surface area contributed by atoms with Crippen LogP contribution in [0.4, 0.5) is 18.9 Å². The Bertz CT molecular complexity index is 500. The Morgan fingerprint density at radius 3 is 2.32 bits per heavy atom. The third-order valence-corrected chi connectivity index (χ3v) is 2.89. The Labute approximate surface area is 113 Å². The summed E-state index contributed by atoms with van der Waals surface area (Å²) in [5.41, 5.74) is -1.56. The van der Waals surface area contributed by atoms with Gasteiger partial charge in [0.05, 0.1) is 10.7 Å². The van der Waals surface area contributed by atoms with Crippen molar-refractivity contribution in [2.45, 2.75) is 20.0 Å². The second-order valence-corrected chi connectivity index (χ2v) is 4.75. The minimum Gasteiger partial charge on any atom is -0.505 e. The molecule has 0 saturated heterocycles. The zero-order chi connectivity index (χ0) is 15.0. The molecule has 19 heavy (non-hydrogen) atoms. The van der Waals surface area contributed by atoms with Crippen molar-refractivity contribution in [1.29, 1.82) is 0 Å². The third-order valence-electron chi connectivity index (χ3n) is 2.58. The summed E-state index contributed by atoms with van der Waals surface area (Å²) in [6.07, 6.45) is -4.79. The number of carbonyl (C=O) groups is 1. The fourth-order valence-electron chi connectivity index (χ4n) is 1.60. The molecule has 0 saturated carbocycles. The number of phenolic OH excluding ortho intramolecular Hbond substituents is 1. The first kappa shape index (κ1) is 15.6. The number of carbonyl (C=O) groups excluding carboxylic acids is 1. The first-order valence-corrected chi connectivity index (χ1v) is 5.81. The van der Waals surface area contributed by atoms with Gasteiger partial charge in [-0.05, 0) is 12.1 Å². The fraction of sp³-hybridized carbons (Fsp3) is 0.417. The summed E-state index contributed by atoms with van der Waals surface area (Å²) in [6.45, 7) is 3.22. The topological polar surface area (TPSA) is 40.5 Å². The largest absolute Gasteiger partial charge is 0.505 e. The van der Waals surface area contributed by atoms with Crippen molar-refractivity contribution in [3.63, 3.8) is 0 Å². The summed E-state index contributed by atoms with van der Waals surface area (Å²) in [5, 5.41) is 9.10. The van der Waals surface area contributed by atoms with E-state index in [1.807, 2.05) is 0 Å². The average molecular weight is 296 g/mol. The minimum atomic E-state index is -4.79. The zero-order valence-electron chi connectivity index (χ0n) is 10.5. The van der Waals surface area contributed by atoms with Crippen molar-refractivity contribution in [2.24, 2.45) is 5.92 Å². The van der Waals surface area contributed by atoms with E-state index in [0.29, 0.717) is 0 Å². The molecule has 1 N–H and O–H groups in total. The van der Waals surface area contributed by atoms with Crippen molar-refractivity contribution in [3.05, 3.63) is 22.7 Å². The fourth-order valence-corrected chi connectivity index (χ4v) is 1.86. The molecule has 1 aromatic carbocycles. The van der Waals surface area contributed by atoms with E-state index in [9.17, 15) is 23.1 Å². The van der Waals surface area contributed by atoms with Crippen LogP contribution in [0.25, 0.3) is 0 Å². The number of hydrogen-bond acceptors (Lipinski definition) is 2. The van der Waals surface area contributed by atoms with Crippen LogP contribution in [-0.4, -0.2) is 18.1 Å². The van der Waals surface area contributed by atoms with E-state index in [-0.39, 0.29) is 5.69 Å². The highest BCUT2D eigenvalue weighted by Gasteiger charge is 2.38. The lowest BCUT2D eigenvalue weighted by Gasteiger charge is -2.22. The lowest BCUT2D eigenvalue weighted by molar-refractivity contribution is -0.138. The van der Waals surface area contributed by atoms with Gasteiger partial charge < -0.3 is 10.0 Å². The van der Waals surface area contributed by atoms with Gasteiger partial charge in [-0.2, -0.15) is 13.2 Å². The number of aromatic hydroxyl groups is 1. The monoisotopic (exact) mass is 295 g/mol. The van der Waals surface area contributed by atoms with E-state index >= 15 is 0 Å². The molecule has 1 amide bonds. The number of alkyl halides is 3. The molecule has 0 atom stereocenters. The molecule has 0 aliphatic heterocycles. The van der Waals surface area contributed by atoms with E-state index in [4.69, 9.17) is 11.6 Å². The van der Waals surface area contributed by atoms with Crippen molar-refractivity contribution < 1.29 is 23.1 Å². The SMILES string of the molecule is CC(C)C(=O)N(C)c1ccc(Cl)c(C(F)(F)F)c1O. The lowest BCUT2D eigenvalue weighted by Crippen LogP contribution is -2.30. The molecule has 0 bridgehead atoms. The summed E-state index contributed by atoms with van der Waals surface area (Å²) >= 11 is 5.45. The summed E-state index contributed by atoms with van der Waals surface area (Å²) in [7, 11) is 1.30. The summed E-state index contributed by atoms with van der Waals surface area (Å²) < 4.78 is 38.3. The molecule has 0 radical (unpaired) electrons. The van der Waals surface area contributed by atoms with E-state index in [1.54, 1.807) is 13.8 Å². The molecule has 0 aliphatic rings. The van der Waals surface area contributed by atoms with Crippen molar-refractivity contribution in [1.82, 2.24) is 0 Å². The Morgan fingerprint density at radius 1 is 1.37 bits per heavy atom. The molecular formula is C12H13ClF3NO2. The van der Waals surface area contributed by atoms with E-state index in [0.717, 1.165) is 11.0 Å². The van der Waals surface area contributed by atoms with Gasteiger partial charge in [0.25, 0.3) is 0 Å². The first-order chi connectivity index (χ1) is 8.57. The standard InChI is InChI=1S/C12H13ClF3NO2/c1-6(2)11(19)17(3)8-5-4-7(13)9(10(8)18)12(14,15)16/h4-6,18H,1-3H3. The van der Waals surface area contributed by atoms with Crippen LogP contribution in [-0.2, 0) is 11.0 Å². The van der Waals surface area contributed by atoms with Crippen LogP contribution in [0.3, 0.4) is 0 Å². The number of halogens is 4. The van der Waals surface area contributed by atoms with Crippen LogP contribution < -0.4 is 4.90 Å². The molecule has 0 unspecified atom stereocenters. The highest BCUT2D eigenvalue weighted by molar-refractivity contribution is 6.31. The van der Waals surface area contributed by atoms with Gasteiger partial charge in [-0.25, -0.2) is 0 Å². The number of amides is 1. The highest BCUT2D eigenvalue weighted by atomic mass is 35.5. The van der Waals surface area contributed by atoms with E-state index in [1.165, 1.54) is 13.1 Å². The van der Waals surface area contributed by atoms with Gasteiger partial charge in [-0.1, -0.05) is 25.4 Å². The Kier molecular flexibility index (Phi) is 4.35. The highest BCUT2D eigenvalue weighted by Crippen LogP contribution is 2.45. The molecule has 106 valence electrons. The predicted octanol–water partition coefficient (Wildman–Crippen LogP) is 3.68. The zero-order valence-corrected chi connectivity index (χ0v) is 11.3. The normalized spacial score (nSPS) is 11.8. The van der Waals surface area contributed by atoms with Crippen LogP contribution >= 0.6 is 11.6 Å². The maximum atomic E-state index is 12.8. The van der Waals surface area contributed by atoms with Gasteiger partial charge in [0.2, 0.25) is 5.91 Å². The average Bonchev–Trinajstić information content (AvgIpc) is 2.25. The second kappa shape index (κ2) is 5.28. The maximum Gasteiger partial charge on any atom is 0.421 e. The number of anilines is 1. The lowest BCUT2D eigenvalue weighted by atomic mass is 10.1. The van der Waals surface area contributed by atoms with Gasteiger partial charge in [0.15, 0.2) is 5.75 Å². The van der Waals surface area contributed by atoms with Gasteiger partial charge in [0, 0.05) is 13.0 Å². The number of nitrogens with zero attached hydrogens (tertiary/aromatic N) is 1. The molecule has 0 aliphatic carbocycles. The van der Waals surface area contributed by atoms with Gasteiger partial charge in [0.1, 0.15) is 5.56 Å². The number of rotatable bonds is 2. The van der Waals surface area contributed by atoms with E-state index in [2.05, 4.69) is 0 Å². The van der Waals surface area contributed by atoms with Gasteiger partial charge in [-0.3, -0.25) is 4.79 Å². The molecule has 1 aromatic rings. The Hall–Kier alpha value is -1.43.